The summed E-state index contributed by atoms with van der Waals surface area (Å²) in [6, 6.07) is 6.49. The zero-order chi connectivity index (χ0) is 14.1. The van der Waals surface area contributed by atoms with Crippen LogP contribution in [0.2, 0.25) is 0 Å². The van der Waals surface area contributed by atoms with Crippen LogP contribution in [-0.2, 0) is 4.74 Å². The van der Waals surface area contributed by atoms with Crippen molar-refractivity contribution < 1.29 is 9.47 Å². The minimum atomic E-state index is 0.248. The first-order chi connectivity index (χ1) is 9.19. The lowest BCUT2D eigenvalue weighted by Gasteiger charge is -2.18. The van der Waals surface area contributed by atoms with Gasteiger partial charge < -0.3 is 14.8 Å². The Bertz CT molecular complexity index is 390. The van der Waals surface area contributed by atoms with E-state index in [1.165, 1.54) is 11.1 Å². The van der Waals surface area contributed by atoms with E-state index in [0.29, 0.717) is 6.61 Å². The van der Waals surface area contributed by atoms with Crippen LogP contribution in [0.25, 0.3) is 0 Å². The molecular weight excluding hydrogens is 238 g/mol. The molecule has 0 aliphatic heterocycles. The summed E-state index contributed by atoms with van der Waals surface area (Å²) in [5.74, 6) is 0.929. The van der Waals surface area contributed by atoms with Crippen LogP contribution in [0, 0.1) is 6.92 Å². The van der Waals surface area contributed by atoms with Gasteiger partial charge in [0.15, 0.2) is 0 Å². The van der Waals surface area contributed by atoms with Crippen LogP contribution < -0.4 is 10.1 Å². The number of rotatable bonds is 9. The predicted molar refractivity (Wildman–Crippen MR) is 79.8 cm³/mol. The van der Waals surface area contributed by atoms with Crippen LogP contribution in [0.1, 0.15) is 30.5 Å². The summed E-state index contributed by atoms with van der Waals surface area (Å²) in [7, 11) is 1.71. The first kappa shape index (κ1) is 15.7. The van der Waals surface area contributed by atoms with Crippen molar-refractivity contribution in [3.63, 3.8) is 0 Å². The number of aryl methyl sites for hydroxylation is 1. The van der Waals surface area contributed by atoms with Crippen molar-refractivity contribution in [3.05, 3.63) is 42.0 Å². The van der Waals surface area contributed by atoms with Crippen LogP contribution >= 0.6 is 0 Å². The number of benzene rings is 1. The van der Waals surface area contributed by atoms with E-state index >= 15 is 0 Å². The highest BCUT2D eigenvalue weighted by atomic mass is 16.5. The zero-order valence-corrected chi connectivity index (χ0v) is 12.2. The maximum atomic E-state index is 5.48. The summed E-state index contributed by atoms with van der Waals surface area (Å²) < 4.78 is 10.9. The third-order valence-corrected chi connectivity index (χ3v) is 3.01. The molecule has 1 aromatic rings. The molecule has 1 atom stereocenters. The molecule has 106 valence electrons. The van der Waals surface area contributed by atoms with E-state index < -0.39 is 0 Å². The fraction of sp³-hybridized carbons (Fsp3) is 0.500. The smallest absolute Gasteiger partial charge is 0.123 e. The molecule has 0 aliphatic carbocycles. The normalized spacial score (nSPS) is 12.2. The molecule has 0 radical (unpaired) electrons. The number of nitrogens with one attached hydrogen (secondary N) is 1. The Labute approximate surface area is 116 Å². The van der Waals surface area contributed by atoms with Gasteiger partial charge in [-0.1, -0.05) is 23.8 Å². The van der Waals surface area contributed by atoms with Crippen LogP contribution in [-0.4, -0.2) is 26.9 Å². The number of methoxy groups -OCH3 is 1. The van der Waals surface area contributed by atoms with E-state index in [9.17, 15) is 0 Å². The molecule has 1 unspecified atom stereocenters. The quantitative estimate of drug-likeness (QED) is 0.548. The minimum absolute atomic E-state index is 0.248. The van der Waals surface area contributed by atoms with Crippen molar-refractivity contribution in [2.24, 2.45) is 0 Å². The molecule has 0 aromatic heterocycles. The van der Waals surface area contributed by atoms with Gasteiger partial charge in [-0.05, 0) is 26.3 Å². The van der Waals surface area contributed by atoms with Crippen LogP contribution in [0.15, 0.2) is 30.9 Å². The van der Waals surface area contributed by atoms with Gasteiger partial charge in [-0.25, -0.2) is 0 Å². The highest BCUT2D eigenvalue weighted by Crippen LogP contribution is 2.25. The van der Waals surface area contributed by atoms with Gasteiger partial charge >= 0.3 is 0 Å². The molecule has 0 spiro atoms. The minimum Gasteiger partial charge on any atom is -0.496 e. The monoisotopic (exact) mass is 263 g/mol. The van der Waals surface area contributed by atoms with Crippen molar-refractivity contribution in [1.29, 1.82) is 0 Å². The van der Waals surface area contributed by atoms with Gasteiger partial charge in [-0.15, -0.1) is 6.58 Å². The molecule has 0 bridgehead atoms. The Morgan fingerprint density at radius 2 is 2.16 bits per heavy atom. The van der Waals surface area contributed by atoms with E-state index in [0.717, 1.165) is 25.3 Å². The molecule has 0 saturated carbocycles. The van der Waals surface area contributed by atoms with Crippen LogP contribution in [0.3, 0.4) is 0 Å². The second kappa shape index (κ2) is 8.73. The van der Waals surface area contributed by atoms with Gasteiger partial charge in [0.1, 0.15) is 5.75 Å². The van der Waals surface area contributed by atoms with Gasteiger partial charge in [0, 0.05) is 18.2 Å². The molecule has 3 nitrogen and oxygen atoms in total. The summed E-state index contributed by atoms with van der Waals surface area (Å²) in [6.07, 6.45) is 2.77. The Morgan fingerprint density at radius 3 is 2.84 bits per heavy atom. The molecule has 0 aliphatic rings. The fourth-order valence-electron chi connectivity index (χ4n) is 1.92. The van der Waals surface area contributed by atoms with Crippen LogP contribution in [0.5, 0.6) is 5.75 Å². The fourth-order valence-corrected chi connectivity index (χ4v) is 1.92. The van der Waals surface area contributed by atoms with E-state index in [2.05, 4.69) is 37.9 Å². The Morgan fingerprint density at radius 1 is 1.37 bits per heavy atom. The molecule has 1 rings (SSSR count). The molecule has 0 amide bonds. The van der Waals surface area contributed by atoms with Crippen molar-refractivity contribution in [3.8, 4) is 5.75 Å². The maximum absolute atomic E-state index is 5.48. The first-order valence-electron chi connectivity index (χ1n) is 6.75. The van der Waals surface area contributed by atoms with Crippen molar-refractivity contribution in [2.45, 2.75) is 26.3 Å². The third kappa shape index (κ3) is 5.45. The second-order valence-corrected chi connectivity index (χ2v) is 4.61. The van der Waals surface area contributed by atoms with Crippen molar-refractivity contribution >= 4 is 0 Å². The maximum Gasteiger partial charge on any atom is 0.123 e. The van der Waals surface area contributed by atoms with Crippen LogP contribution in [0.4, 0.5) is 0 Å². The van der Waals surface area contributed by atoms with Gasteiger partial charge in [0.25, 0.3) is 0 Å². The molecule has 3 heteroatoms. The average molecular weight is 263 g/mol. The Balaban J connectivity index is 2.42. The van der Waals surface area contributed by atoms with Crippen molar-refractivity contribution in [1.82, 2.24) is 5.32 Å². The molecule has 0 fully saturated rings. The Kier molecular flexibility index (Phi) is 7.23. The molecule has 1 aromatic carbocycles. The number of hydrogen-bond donors (Lipinski definition) is 1. The highest BCUT2D eigenvalue weighted by molar-refractivity contribution is 5.38. The summed E-state index contributed by atoms with van der Waals surface area (Å²) >= 11 is 0. The first-order valence-corrected chi connectivity index (χ1v) is 6.75. The SMILES string of the molecule is C=CCCOCCNC(C)c1cc(C)ccc1OC. The van der Waals surface area contributed by atoms with E-state index in [1.807, 2.05) is 12.1 Å². The van der Waals surface area contributed by atoms with E-state index in [-0.39, 0.29) is 6.04 Å². The topological polar surface area (TPSA) is 30.5 Å². The van der Waals surface area contributed by atoms with E-state index in [4.69, 9.17) is 9.47 Å². The summed E-state index contributed by atoms with van der Waals surface area (Å²) in [4.78, 5) is 0. The van der Waals surface area contributed by atoms with Gasteiger partial charge in [-0.3, -0.25) is 0 Å². The standard InChI is InChI=1S/C16H25NO2/c1-5-6-10-19-11-9-17-14(3)15-12-13(2)7-8-16(15)18-4/h5,7-8,12,14,17H,1,6,9-11H2,2-4H3. The van der Waals surface area contributed by atoms with Gasteiger partial charge in [-0.2, -0.15) is 0 Å². The summed E-state index contributed by atoms with van der Waals surface area (Å²) in [6.45, 7) is 10.2. The number of hydrogen-bond acceptors (Lipinski definition) is 3. The predicted octanol–water partition coefficient (Wildman–Crippen LogP) is 3.25. The van der Waals surface area contributed by atoms with Crippen molar-refractivity contribution in [2.75, 3.05) is 26.9 Å². The van der Waals surface area contributed by atoms with E-state index in [1.54, 1.807) is 7.11 Å². The summed E-state index contributed by atoms with van der Waals surface area (Å²) in [5.41, 5.74) is 2.43. The molecule has 1 N–H and O–H groups in total. The summed E-state index contributed by atoms with van der Waals surface area (Å²) in [5, 5.41) is 3.45. The lowest BCUT2D eigenvalue weighted by atomic mass is 10.0. The Hall–Kier alpha value is -1.32. The molecule has 19 heavy (non-hydrogen) atoms. The molecule has 0 heterocycles. The lowest BCUT2D eigenvalue weighted by Crippen LogP contribution is -2.23. The largest absolute Gasteiger partial charge is 0.496 e. The highest BCUT2D eigenvalue weighted by Gasteiger charge is 2.10. The molecular formula is C16H25NO2. The van der Waals surface area contributed by atoms with Gasteiger partial charge in [0.05, 0.1) is 20.3 Å². The average Bonchev–Trinajstić information content (AvgIpc) is 2.42. The molecule has 0 saturated heterocycles. The zero-order valence-electron chi connectivity index (χ0n) is 12.2. The number of ether oxygens (including phenoxy) is 2. The lowest BCUT2D eigenvalue weighted by molar-refractivity contribution is 0.138. The second-order valence-electron chi connectivity index (χ2n) is 4.61. The van der Waals surface area contributed by atoms with Gasteiger partial charge in [0.2, 0.25) is 0 Å². The third-order valence-electron chi connectivity index (χ3n) is 3.01.